The second-order valence-corrected chi connectivity index (χ2v) is 9.39. The first-order valence-electron chi connectivity index (χ1n) is 11.3. The van der Waals surface area contributed by atoms with Crippen molar-refractivity contribution in [3.05, 3.63) is 77.8 Å². The van der Waals surface area contributed by atoms with Gasteiger partial charge in [0.05, 0.1) is 17.1 Å². The number of aromatic nitrogens is 2. The lowest BCUT2D eigenvalue weighted by molar-refractivity contribution is -0.123. The molecular weight excluding hydrogens is 460 g/mol. The predicted octanol–water partition coefficient (Wildman–Crippen LogP) is 5.36. The Labute approximate surface area is 207 Å². The van der Waals surface area contributed by atoms with Gasteiger partial charge in [-0.15, -0.1) is 11.3 Å². The summed E-state index contributed by atoms with van der Waals surface area (Å²) in [5.41, 5.74) is 4.84. The summed E-state index contributed by atoms with van der Waals surface area (Å²) in [5.74, 6) is 0.421. The van der Waals surface area contributed by atoms with Crippen LogP contribution in [0.4, 0.5) is 11.4 Å². The Morgan fingerprint density at radius 2 is 1.94 bits per heavy atom. The van der Waals surface area contributed by atoms with Crippen molar-refractivity contribution in [1.29, 1.82) is 0 Å². The van der Waals surface area contributed by atoms with Gasteiger partial charge in [0.2, 0.25) is 5.91 Å². The number of anilines is 2. The topological polar surface area (TPSA) is 84.4 Å². The molecule has 176 valence electrons. The van der Waals surface area contributed by atoms with E-state index in [-0.39, 0.29) is 25.0 Å². The number of hydrogen-bond donors (Lipinski definition) is 1. The highest BCUT2D eigenvalue weighted by Crippen LogP contribution is 2.37. The maximum Gasteiger partial charge on any atom is 0.265 e. The third-order valence-electron chi connectivity index (χ3n) is 5.75. The van der Waals surface area contributed by atoms with Crippen LogP contribution < -0.4 is 15.0 Å². The van der Waals surface area contributed by atoms with Crippen LogP contribution in [0.25, 0.3) is 22.0 Å². The molecule has 0 atom stereocenters. The molecule has 0 saturated heterocycles. The van der Waals surface area contributed by atoms with E-state index in [4.69, 9.17) is 9.72 Å². The summed E-state index contributed by atoms with van der Waals surface area (Å²) >= 11 is 1.50. The molecule has 2 aromatic carbocycles. The molecule has 0 saturated carbocycles. The van der Waals surface area contributed by atoms with Gasteiger partial charge in [0, 0.05) is 22.8 Å². The van der Waals surface area contributed by atoms with Crippen molar-refractivity contribution >= 4 is 34.5 Å². The maximum absolute atomic E-state index is 12.8. The molecule has 0 fully saturated rings. The molecule has 0 radical (unpaired) electrons. The van der Waals surface area contributed by atoms with E-state index in [1.165, 1.54) is 21.8 Å². The fourth-order valence-corrected chi connectivity index (χ4v) is 4.65. The lowest BCUT2D eigenvalue weighted by Crippen LogP contribution is -2.43. The minimum Gasteiger partial charge on any atom is -0.482 e. The van der Waals surface area contributed by atoms with Crippen molar-refractivity contribution in [2.45, 2.75) is 19.8 Å². The number of ether oxygens (including phenoxy) is 1. The molecule has 0 aliphatic carbocycles. The number of pyridine rings is 1. The first kappa shape index (κ1) is 22.7. The SMILES string of the molecule is CC(C)c1ccc(NC(=O)CN2C(=O)COc3ccc(-c4csc(-c5ccccn5)n4)cc32)cc1. The lowest BCUT2D eigenvalue weighted by Gasteiger charge is -2.29. The average molecular weight is 485 g/mol. The highest BCUT2D eigenvalue weighted by molar-refractivity contribution is 7.13. The first-order chi connectivity index (χ1) is 17.0. The maximum atomic E-state index is 12.8. The van der Waals surface area contributed by atoms with Crippen LogP contribution in [0.2, 0.25) is 0 Å². The molecule has 0 spiro atoms. The molecule has 0 bridgehead atoms. The second kappa shape index (κ2) is 9.68. The second-order valence-electron chi connectivity index (χ2n) is 8.53. The van der Waals surface area contributed by atoms with E-state index >= 15 is 0 Å². The molecular formula is C27H24N4O3S. The van der Waals surface area contributed by atoms with Crippen LogP contribution in [0.1, 0.15) is 25.3 Å². The van der Waals surface area contributed by atoms with Gasteiger partial charge in [-0.25, -0.2) is 4.98 Å². The van der Waals surface area contributed by atoms with Gasteiger partial charge in [-0.05, 0) is 53.9 Å². The summed E-state index contributed by atoms with van der Waals surface area (Å²) in [7, 11) is 0. The summed E-state index contributed by atoms with van der Waals surface area (Å²) in [4.78, 5) is 36.0. The van der Waals surface area contributed by atoms with E-state index in [0.717, 1.165) is 22.0 Å². The van der Waals surface area contributed by atoms with Crippen molar-refractivity contribution in [3.8, 4) is 27.7 Å². The van der Waals surface area contributed by atoms with Gasteiger partial charge in [0.25, 0.3) is 5.91 Å². The van der Waals surface area contributed by atoms with Gasteiger partial charge in [0.1, 0.15) is 17.3 Å². The Balaban J connectivity index is 1.36. The van der Waals surface area contributed by atoms with E-state index < -0.39 is 0 Å². The zero-order valence-corrected chi connectivity index (χ0v) is 20.2. The number of nitrogens with zero attached hydrogens (tertiary/aromatic N) is 3. The number of benzene rings is 2. The summed E-state index contributed by atoms with van der Waals surface area (Å²) in [5, 5.41) is 5.65. The lowest BCUT2D eigenvalue weighted by atomic mass is 10.0. The summed E-state index contributed by atoms with van der Waals surface area (Å²) in [6.07, 6.45) is 1.74. The van der Waals surface area contributed by atoms with Crippen molar-refractivity contribution in [2.24, 2.45) is 0 Å². The molecule has 2 amide bonds. The summed E-state index contributed by atoms with van der Waals surface area (Å²) in [6, 6.07) is 19.0. The van der Waals surface area contributed by atoms with Crippen molar-refractivity contribution in [1.82, 2.24) is 9.97 Å². The third kappa shape index (κ3) is 4.93. The Bertz CT molecular complexity index is 1370. The van der Waals surface area contributed by atoms with E-state index in [2.05, 4.69) is 24.1 Å². The van der Waals surface area contributed by atoms with Crippen molar-refractivity contribution in [2.75, 3.05) is 23.4 Å². The summed E-state index contributed by atoms with van der Waals surface area (Å²) < 4.78 is 5.62. The number of hydrogen-bond acceptors (Lipinski definition) is 6. The van der Waals surface area contributed by atoms with Gasteiger partial charge < -0.3 is 10.1 Å². The van der Waals surface area contributed by atoms with E-state index in [9.17, 15) is 9.59 Å². The fourth-order valence-electron chi connectivity index (χ4n) is 3.84. The van der Waals surface area contributed by atoms with Gasteiger partial charge in [0.15, 0.2) is 6.61 Å². The molecule has 5 rings (SSSR count). The predicted molar refractivity (Wildman–Crippen MR) is 138 cm³/mol. The minimum atomic E-state index is -0.278. The molecule has 1 aliphatic heterocycles. The van der Waals surface area contributed by atoms with E-state index in [1.54, 1.807) is 6.20 Å². The van der Waals surface area contributed by atoms with Crippen molar-refractivity contribution < 1.29 is 14.3 Å². The van der Waals surface area contributed by atoms with Crippen LogP contribution in [-0.4, -0.2) is 34.9 Å². The molecule has 0 unspecified atom stereocenters. The Hall–Kier alpha value is -4.04. The fraction of sp³-hybridized carbons (Fsp3) is 0.185. The van der Waals surface area contributed by atoms with E-state index in [1.807, 2.05) is 66.0 Å². The normalized spacial score (nSPS) is 12.9. The number of carbonyl (C=O) groups is 2. The number of carbonyl (C=O) groups excluding carboxylic acids is 2. The Morgan fingerprint density at radius 3 is 2.69 bits per heavy atom. The highest BCUT2D eigenvalue weighted by Gasteiger charge is 2.28. The smallest absolute Gasteiger partial charge is 0.265 e. The van der Waals surface area contributed by atoms with Crippen LogP contribution in [0.5, 0.6) is 5.75 Å². The molecule has 4 aromatic rings. The largest absolute Gasteiger partial charge is 0.482 e. The quantitative estimate of drug-likeness (QED) is 0.398. The number of thiazole rings is 1. The monoisotopic (exact) mass is 484 g/mol. The molecule has 35 heavy (non-hydrogen) atoms. The van der Waals surface area contributed by atoms with Crippen LogP contribution >= 0.6 is 11.3 Å². The first-order valence-corrected chi connectivity index (χ1v) is 12.2. The van der Waals surface area contributed by atoms with Crippen LogP contribution in [0, 0.1) is 0 Å². The van der Waals surface area contributed by atoms with Crippen LogP contribution in [-0.2, 0) is 9.59 Å². The molecule has 7 nitrogen and oxygen atoms in total. The zero-order chi connectivity index (χ0) is 24.4. The number of fused-ring (bicyclic) bond motifs is 1. The summed E-state index contributed by atoms with van der Waals surface area (Å²) in [6.45, 7) is 4.02. The molecule has 3 heterocycles. The highest BCUT2D eigenvalue weighted by atomic mass is 32.1. The average Bonchev–Trinajstić information content (AvgIpc) is 3.37. The number of amides is 2. The molecule has 1 N–H and O–H groups in total. The zero-order valence-electron chi connectivity index (χ0n) is 19.4. The molecule has 2 aromatic heterocycles. The van der Waals surface area contributed by atoms with Gasteiger partial charge >= 0.3 is 0 Å². The number of nitrogens with one attached hydrogen (secondary N) is 1. The standard InChI is InChI=1S/C27H24N4O3S/c1-17(2)18-6-9-20(10-7-18)29-25(32)14-31-23-13-19(8-11-24(23)34-15-26(31)33)22-16-35-27(30-22)21-5-3-4-12-28-21/h3-13,16-17H,14-15H2,1-2H3,(H,29,32). The minimum absolute atomic E-state index is 0.108. The van der Waals surface area contributed by atoms with Crippen LogP contribution in [0.15, 0.2) is 72.2 Å². The van der Waals surface area contributed by atoms with E-state index in [0.29, 0.717) is 23.0 Å². The Kier molecular flexibility index (Phi) is 6.29. The third-order valence-corrected chi connectivity index (χ3v) is 6.61. The Morgan fingerprint density at radius 1 is 1.11 bits per heavy atom. The van der Waals surface area contributed by atoms with Crippen LogP contribution in [0.3, 0.4) is 0 Å². The number of rotatable bonds is 6. The molecule has 8 heteroatoms. The molecule has 1 aliphatic rings. The van der Waals surface area contributed by atoms with Gasteiger partial charge in [-0.2, -0.15) is 0 Å². The van der Waals surface area contributed by atoms with Gasteiger partial charge in [-0.1, -0.05) is 32.0 Å². The van der Waals surface area contributed by atoms with Crippen molar-refractivity contribution in [3.63, 3.8) is 0 Å². The van der Waals surface area contributed by atoms with Gasteiger partial charge in [-0.3, -0.25) is 19.5 Å².